The maximum absolute atomic E-state index is 13.7. The van der Waals surface area contributed by atoms with Crippen LogP contribution in [-0.2, 0) is 25.6 Å². The van der Waals surface area contributed by atoms with Crippen LogP contribution < -0.4 is 25.0 Å². The minimum Gasteiger partial charge on any atom is -0.496 e. The van der Waals surface area contributed by atoms with E-state index in [4.69, 9.17) is 23.7 Å². The highest BCUT2D eigenvalue weighted by atomic mass is 16.6. The summed E-state index contributed by atoms with van der Waals surface area (Å²) in [5.74, 6) is 0.601. The van der Waals surface area contributed by atoms with Crippen molar-refractivity contribution in [2.75, 3.05) is 44.7 Å². The number of amides is 5. The van der Waals surface area contributed by atoms with E-state index in [1.54, 1.807) is 74.4 Å². The number of benzene rings is 2. The molecule has 5 rings (SSSR count). The van der Waals surface area contributed by atoms with E-state index in [1.165, 1.54) is 7.11 Å². The summed E-state index contributed by atoms with van der Waals surface area (Å²) in [5, 5.41) is 5.49. The molecule has 0 aromatic heterocycles. The number of piperidine rings is 2. The minimum absolute atomic E-state index is 0.0747. The van der Waals surface area contributed by atoms with Gasteiger partial charge in [-0.05, 0) is 91.8 Å². The van der Waals surface area contributed by atoms with E-state index in [2.05, 4.69) is 10.6 Å². The molecule has 3 aliphatic rings. The van der Waals surface area contributed by atoms with Crippen LogP contribution in [0.15, 0.2) is 42.5 Å². The molecule has 5 amide bonds. The van der Waals surface area contributed by atoms with Crippen molar-refractivity contribution in [3.63, 3.8) is 0 Å². The molecule has 15 heteroatoms. The first-order chi connectivity index (χ1) is 27.0. The Hall–Kier alpha value is -5.21. The number of para-hydroxylation sites is 1. The highest BCUT2D eigenvalue weighted by molar-refractivity contribution is 5.97. The molecule has 0 bridgehead atoms. The van der Waals surface area contributed by atoms with Gasteiger partial charge in [0, 0.05) is 63.2 Å². The molecule has 0 spiro atoms. The summed E-state index contributed by atoms with van der Waals surface area (Å²) in [6.45, 7) is 13.1. The Bertz CT molecular complexity index is 1740. The third-order valence-electron chi connectivity index (χ3n) is 9.95. The summed E-state index contributed by atoms with van der Waals surface area (Å²) in [4.78, 5) is 70.1. The summed E-state index contributed by atoms with van der Waals surface area (Å²) in [5.41, 5.74) is 0.937. The maximum Gasteiger partial charge on any atom is 0.414 e. The van der Waals surface area contributed by atoms with Crippen LogP contribution >= 0.6 is 0 Å². The zero-order valence-corrected chi connectivity index (χ0v) is 34.4. The first-order valence-corrected chi connectivity index (χ1v) is 19.9. The molecule has 312 valence electrons. The van der Waals surface area contributed by atoms with Crippen LogP contribution in [-0.4, -0.2) is 109 Å². The second kappa shape index (κ2) is 18.8. The normalized spacial score (nSPS) is 17.2. The third kappa shape index (κ3) is 12.1. The Morgan fingerprint density at radius 1 is 0.842 bits per heavy atom. The Morgan fingerprint density at radius 3 is 2.16 bits per heavy atom. The van der Waals surface area contributed by atoms with Crippen LogP contribution in [0.1, 0.15) is 102 Å². The lowest BCUT2D eigenvalue weighted by molar-refractivity contribution is -0.135. The van der Waals surface area contributed by atoms with E-state index in [9.17, 15) is 24.0 Å². The predicted octanol–water partition coefficient (Wildman–Crippen LogP) is 6.41. The van der Waals surface area contributed by atoms with Crippen molar-refractivity contribution in [2.24, 2.45) is 0 Å². The van der Waals surface area contributed by atoms with Gasteiger partial charge in [-0.15, -0.1) is 0 Å². The molecule has 2 saturated heterocycles. The average molecular weight is 794 g/mol. The van der Waals surface area contributed by atoms with Gasteiger partial charge < -0.3 is 44.1 Å². The van der Waals surface area contributed by atoms with Crippen LogP contribution in [0.4, 0.5) is 20.1 Å². The number of hydrogen-bond acceptors (Lipinski definition) is 10. The van der Waals surface area contributed by atoms with Crippen molar-refractivity contribution >= 4 is 35.8 Å². The topological polar surface area (TPSA) is 165 Å². The molecule has 0 radical (unpaired) electrons. The molecule has 3 heterocycles. The first-order valence-electron chi connectivity index (χ1n) is 19.9. The minimum atomic E-state index is -0.794. The lowest BCUT2D eigenvalue weighted by Gasteiger charge is -2.40. The molecule has 2 fully saturated rings. The summed E-state index contributed by atoms with van der Waals surface area (Å²) in [7, 11) is 1.52. The predicted molar refractivity (Wildman–Crippen MR) is 213 cm³/mol. The number of unbranched alkanes of at least 4 members (excludes halogenated alkanes) is 1. The molecule has 2 aromatic rings. The number of fused-ring (bicyclic) bond motifs is 1. The van der Waals surface area contributed by atoms with E-state index < -0.39 is 29.4 Å². The highest BCUT2D eigenvalue weighted by Gasteiger charge is 2.36. The number of nitrogens with zero attached hydrogens (tertiary/aromatic N) is 3. The number of likely N-dealkylation sites (tertiary alicyclic amines) is 2. The number of carbonyl (C=O) groups excluding carboxylic acids is 5. The molecule has 1 atom stereocenters. The highest BCUT2D eigenvalue weighted by Crippen LogP contribution is 2.33. The fourth-order valence-corrected chi connectivity index (χ4v) is 7.23. The van der Waals surface area contributed by atoms with Crippen molar-refractivity contribution in [3.8, 4) is 11.5 Å². The van der Waals surface area contributed by atoms with Crippen LogP contribution in [0.2, 0.25) is 0 Å². The number of alkyl carbamates (subject to hydrolysis) is 2. The molecule has 0 unspecified atom stereocenters. The summed E-state index contributed by atoms with van der Waals surface area (Å²) in [6.07, 6.45) is 2.20. The molecule has 0 saturated carbocycles. The second-order valence-corrected chi connectivity index (χ2v) is 16.7. The second-order valence-electron chi connectivity index (χ2n) is 16.7. The Kier molecular flexibility index (Phi) is 14.2. The Balaban J connectivity index is 1.12. The number of methoxy groups -OCH3 is 1. The van der Waals surface area contributed by atoms with Crippen LogP contribution in [0.25, 0.3) is 0 Å². The number of hydrogen-bond donors (Lipinski definition) is 2. The van der Waals surface area contributed by atoms with Crippen molar-refractivity contribution in [1.82, 2.24) is 20.4 Å². The number of anilines is 1. The van der Waals surface area contributed by atoms with Gasteiger partial charge >= 0.3 is 18.3 Å². The zero-order valence-electron chi connectivity index (χ0n) is 34.4. The van der Waals surface area contributed by atoms with Crippen molar-refractivity contribution in [2.45, 2.75) is 122 Å². The molecular weight excluding hydrogens is 734 g/mol. The van der Waals surface area contributed by atoms with Crippen molar-refractivity contribution < 1.29 is 47.7 Å². The smallest absolute Gasteiger partial charge is 0.414 e. The SMILES string of the molecule is COc1cc(OC2CCN(C(=O)[C@H](CCCCNC(=O)OC(C)(C)C)NC(=O)OC(C)(C)C)CC2)ccc1C(=O)N1CCC(N2C(=O)OCc3ccccc32)CC1. The van der Waals surface area contributed by atoms with Gasteiger partial charge in [-0.3, -0.25) is 14.5 Å². The lowest BCUT2D eigenvalue weighted by Crippen LogP contribution is -2.52. The summed E-state index contributed by atoms with van der Waals surface area (Å²) in [6, 6.07) is 12.1. The monoisotopic (exact) mass is 793 g/mol. The van der Waals surface area contributed by atoms with E-state index in [0.717, 1.165) is 11.3 Å². The molecule has 3 aliphatic heterocycles. The van der Waals surface area contributed by atoms with E-state index in [0.29, 0.717) is 94.7 Å². The van der Waals surface area contributed by atoms with Gasteiger partial charge in [0.15, 0.2) is 0 Å². The van der Waals surface area contributed by atoms with E-state index in [-0.39, 0.29) is 36.7 Å². The van der Waals surface area contributed by atoms with Crippen LogP contribution in [0.3, 0.4) is 0 Å². The molecule has 0 aliphatic carbocycles. The number of cyclic esters (lactones) is 1. The standard InChI is InChI=1S/C42H59N5O10/c1-41(2,3)56-38(50)43-21-11-10-13-33(44-39(51)57-42(4,5)6)37(49)46-24-19-30(20-25-46)55-31-15-16-32(35(26-31)53-7)36(48)45-22-17-29(18-23-45)47-34-14-9-8-12-28(34)27-54-40(47)52/h8-9,12,14-16,26,29-30,33H,10-11,13,17-25,27H2,1-7H3,(H,43,50)(H,44,51)/t33-/m0/s1. The van der Waals surface area contributed by atoms with Gasteiger partial charge in [0.25, 0.3) is 5.91 Å². The molecule has 2 aromatic carbocycles. The number of carbonyl (C=O) groups is 5. The molecular formula is C42H59N5O10. The maximum atomic E-state index is 13.7. The summed E-state index contributed by atoms with van der Waals surface area (Å²) < 4.78 is 28.1. The first kappa shape index (κ1) is 42.9. The van der Waals surface area contributed by atoms with Gasteiger partial charge in [-0.25, -0.2) is 14.4 Å². The van der Waals surface area contributed by atoms with Crippen LogP contribution in [0.5, 0.6) is 11.5 Å². The van der Waals surface area contributed by atoms with E-state index >= 15 is 0 Å². The Morgan fingerprint density at radius 2 is 1.49 bits per heavy atom. The fraction of sp³-hybridized carbons (Fsp3) is 0.595. The Labute approximate surface area is 335 Å². The van der Waals surface area contributed by atoms with Gasteiger partial charge in [-0.2, -0.15) is 0 Å². The number of ether oxygens (including phenoxy) is 5. The molecule has 15 nitrogen and oxygen atoms in total. The van der Waals surface area contributed by atoms with E-state index in [1.807, 2.05) is 24.3 Å². The molecule has 57 heavy (non-hydrogen) atoms. The zero-order chi connectivity index (χ0) is 41.3. The van der Waals surface area contributed by atoms with Gasteiger partial charge in [0.05, 0.1) is 18.4 Å². The molecule has 2 N–H and O–H groups in total. The average Bonchev–Trinajstić information content (AvgIpc) is 3.15. The van der Waals surface area contributed by atoms with Gasteiger partial charge in [-0.1, -0.05) is 18.2 Å². The van der Waals surface area contributed by atoms with Crippen molar-refractivity contribution in [1.29, 1.82) is 0 Å². The van der Waals surface area contributed by atoms with Gasteiger partial charge in [0.2, 0.25) is 5.91 Å². The summed E-state index contributed by atoms with van der Waals surface area (Å²) >= 11 is 0. The number of nitrogens with one attached hydrogen (secondary N) is 2. The van der Waals surface area contributed by atoms with Gasteiger partial charge in [0.1, 0.15) is 41.5 Å². The third-order valence-corrected chi connectivity index (χ3v) is 9.95. The number of rotatable bonds is 12. The van der Waals surface area contributed by atoms with Crippen molar-refractivity contribution in [3.05, 3.63) is 53.6 Å². The fourth-order valence-electron chi connectivity index (χ4n) is 7.23. The largest absolute Gasteiger partial charge is 0.496 e. The van der Waals surface area contributed by atoms with Crippen LogP contribution in [0, 0.1) is 0 Å². The quantitative estimate of drug-likeness (QED) is 0.181. The lowest BCUT2D eigenvalue weighted by atomic mass is 10.00.